The van der Waals surface area contributed by atoms with Gasteiger partial charge in [-0.1, -0.05) is 48.0 Å². The van der Waals surface area contributed by atoms with Crippen molar-refractivity contribution in [1.29, 1.82) is 0 Å². The van der Waals surface area contributed by atoms with Crippen LogP contribution in [0.3, 0.4) is 0 Å². The fourth-order valence-electron chi connectivity index (χ4n) is 3.31. The molecule has 1 amide bonds. The summed E-state index contributed by atoms with van der Waals surface area (Å²) in [7, 11) is 0. The largest absolute Gasteiger partial charge is 0.448 e. The Morgan fingerprint density at radius 3 is 2.40 bits per heavy atom. The van der Waals surface area contributed by atoms with Crippen LogP contribution in [0.2, 0.25) is 5.02 Å². The fourth-order valence-corrected chi connectivity index (χ4v) is 3.48. The number of hydrogen-bond acceptors (Lipinski definition) is 7. The topological polar surface area (TPSA) is 133 Å². The Labute approximate surface area is 202 Å². The number of nitrogens with one attached hydrogen (secondary N) is 1. The molecule has 4 rings (SSSR count). The van der Waals surface area contributed by atoms with Crippen molar-refractivity contribution in [2.45, 2.75) is 13.0 Å². The fraction of sp³-hybridized carbons (Fsp3) is 0.0833. The molecule has 0 fully saturated rings. The van der Waals surface area contributed by atoms with Crippen LogP contribution in [0.15, 0.2) is 77.6 Å². The summed E-state index contributed by atoms with van der Waals surface area (Å²) in [6.07, 6.45) is -1.31. The highest BCUT2D eigenvalue weighted by Gasteiger charge is 2.24. The third kappa shape index (κ3) is 4.87. The Hall–Kier alpha value is -4.57. The number of benzene rings is 3. The van der Waals surface area contributed by atoms with E-state index in [1.807, 2.05) is 0 Å². The molecule has 1 N–H and O–H groups in total. The molecule has 1 unspecified atom stereocenters. The first-order valence-corrected chi connectivity index (χ1v) is 10.7. The number of amides is 1. The lowest BCUT2D eigenvalue weighted by molar-refractivity contribution is -0.384. The van der Waals surface area contributed by atoms with E-state index in [0.717, 1.165) is 10.7 Å². The van der Waals surface area contributed by atoms with Crippen LogP contribution in [-0.4, -0.2) is 32.7 Å². The second kappa shape index (κ2) is 9.74. The van der Waals surface area contributed by atoms with Crippen LogP contribution in [-0.2, 0) is 9.53 Å². The molecular formula is C24H17ClN4O6. The number of hydrogen-bond donors (Lipinski definition) is 1. The van der Waals surface area contributed by atoms with Crippen LogP contribution in [0.5, 0.6) is 0 Å². The van der Waals surface area contributed by atoms with Crippen molar-refractivity contribution >= 4 is 45.6 Å². The molecule has 11 heteroatoms. The van der Waals surface area contributed by atoms with Gasteiger partial charge in [0.2, 0.25) is 0 Å². The first kappa shape index (κ1) is 23.6. The van der Waals surface area contributed by atoms with Gasteiger partial charge in [0, 0.05) is 17.5 Å². The van der Waals surface area contributed by atoms with Gasteiger partial charge in [0.05, 0.1) is 26.7 Å². The highest BCUT2D eigenvalue weighted by atomic mass is 35.5. The SMILES string of the molecule is CC(OC(=O)c1nn(-c2ccccc2)c(=O)c2ccccc12)C(=O)Nc1cc([N+](=O)[O-])ccc1Cl. The average molecular weight is 493 g/mol. The molecule has 0 saturated carbocycles. The Balaban J connectivity index is 1.63. The number of ether oxygens (including phenoxy) is 1. The van der Waals surface area contributed by atoms with E-state index in [1.165, 1.54) is 19.1 Å². The summed E-state index contributed by atoms with van der Waals surface area (Å²) in [5.74, 6) is -1.69. The third-order valence-corrected chi connectivity index (χ3v) is 5.40. The summed E-state index contributed by atoms with van der Waals surface area (Å²) in [6.45, 7) is 1.33. The summed E-state index contributed by atoms with van der Waals surface area (Å²) >= 11 is 6.02. The smallest absolute Gasteiger partial charge is 0.360 e. The summed E-state index contributed by atoms with van der Waals surface area (Å²) in [5, 5.41) is 18.2. The third-order valence-electron chi connectivity index (χ3n) is 5.07. The van der Waals surface area contributed by atoms with E-state index in [2.05, 4.69) is 10.4 Å². The molecule has 0 spiro atoms. The number of carbonyl (C=O) groups excluding carboxylic acids is 2. The second-order valence-corrected chi connectivity index (χ2v) is 7.81. The van der Waals surface area contributed by atoms with E-state index in [9.17, 15) is 24.5 Å². The first-order valence-electron chi connectivity index (χ1n) is 10.3. The number of nitro benzene ring substituents is 1. The molecule has 3 aromatic carbocycles. The zero-order chi connectivity index (χ0) is 25.1. The summed E-state index contributed by atoms with van der Waals surface area (Å²) in [4.78, 5) is 49.0. The van der Waals surface area contributed by atoms with E-state index in [0.29, 0.717) is 5.69 Å². The molecule has 1 atom stereocenters. The second-order valence-electron chi connectivity index (χ2n) is 7.40. The van der Waals surface area contributed by atoms with Crippen LogP contribution >= 0.6 is 11.6 Å². The minimum atomic E-state index is -1.31. The predicted molar refractivity (Wildman–Crippen MR) is 129 cm³/mol. The lowest BCUT2D eigenvalue weighted by Crippen LogP contribution is -2.31. The highest BCUT2D eigenvalue weighted by molar-refractivity contribution is 6.33. The highest BCUT2D eigenvalue weighted by Crippen LogP contribution is 2.27. The lowest BCUT2D eigenvalue weighted by atomic mass is 10.1. The normalized spacial score (nSPS) is 11.6. The molecule has 0 saturated heterocycles. The number of fused-ring (bicyclic) bond motifs is 1. The van der Waals surface area contributed by atoms with Gasteiger partial charge in [0.15, 0.2) is 11.8 Å². The summed E-state index contributed by atoms with van der Waals surface area (Å²) in [6, 6.07) is 18.5. The monoisotopic (exact) mass is 492 g/mol. The van der Waals surface area contributed by atoms with Gasteiger partial charge in [-0.05, 0) is 31.2 Å². The number of carbonyl (C=O) groups is 2. The standard InChI is InChI=1S/C24H17ClN4O6/c1-14(22(30)26-20-13-16(29(33)34)11-12-19(20)25)35-24(32)21-17-9-5-6-10-18(17)23(31)28(27-21)15-7-3-2-4-8-15/h2-14H,1H3,(H,26,30). The molecule has 0 aliphatic heterocycles. The van der Waals surface area contributed by atoms with E-state index in [1.54, 1.807) is 54.6 Å². The van der Waals surface area contributed by atoms with Crippen LogP contribution < -0.4 is 10.9 Å². The number of aromatic nitrogens is 2. The molecule has 0 aliphatic rings. The average Bonchev–Trinajstić information content (AvgIpc) is 2.86. The Kier molecular flexibility index (Phi) is 6.56. The number of nitrogens with zero attached hydrogens (tertiary/aromatic N) is 3. The van der Waals surface area contributed by atoms with E-state index in [-0.39, 0.29) is 32.9 Å². The molecule has 1 heterocycles. The maximum Gasteiger partial charge on any atom is 0.360 e. The Morgan fingerprint density at radius 2 is 1.71 bits per heavy atom. The van der Waals surface area contributed by atoms with Gasteiger partial charge in [-0.3, -0.25) is 19.7 Å². The van der Waals surface area contributed by atoms with E-state index < -0.39 is 28.5 Å². The number of rotatable bonds is 6. The summed E-state index contributed by atoms with van der Waals surface area (Å²) in [5.41, 5.74) is -0.405. The zero-order valence-corrected chi connectivity index (χ0v) is 18.9. The van der Waals surface area contributed by atoms with Gasteiger partial charge in [-0.25, -0.2) is 4.79 Å². The minimum absolute atomic E-state index is 0.00466. The van der Waals surface area contributed by atoms with Crippen LogP contribution in [0.1, 0.15) is 17.4 Å². The zero-order valence-electron chi connectivity index (χ0n) is 18.2. The molecule has 0 radical (unpaired) electrons. The molecule has 0 aliphatic carbocycles. The molecule has 176 valence electrons. The quantitative estimate of drug-likeness (QED) is 0.243. The van der Waals surface area contributed by atoms with Gasteiger partial charge in [-0.2, -0.15) is 9.78 Å². The lowest BCUT2D eigenvalue weighted by Gasteiger charge is -2.15. The van der Waals surface area contributed by atoms with Gasteiger partial charge in [0.1, 0.15) is 0 Å². The maximum atomic E-state index is 13.0. The summed E-state index contributed by atoms with van der Waals surface area (Å²) < 4.78 is 6.41. The van der Waals surface area contributed by atoms with E-state index >= 15 is 0 Å². The first-order chi connectivity index (χ1) is 16.8. The molecule has 4 aromatic rings. The van der Waals surface area contributed by atoms with Crippen molar-refractivity contribution in [2.75, 3.05) is 5.32 Å². The van der Waals surface area contributed by atoms with Gasteiger partial charge in [-0.15, -0.1) is 0 Å². The van der Waals surface area contributed by atoms with Crippen LogP contribution in [0.4, 0.5) is 11.4 Å². The van der Waals surface area contributed by atoms with Crippen molar-refractivity contribution in [2.24, 2.45) is 0 Å². The number of para-hydroxylation sites is 1. The van der Waals surface area contributed by atoms with Crippen LogP contribution in [0.25, 0.3) is 16.5 Å². The molecular weight excluding hydrogens is 476 g/mol. The van der Waals surface area contributed by atoms with Crippen molar-refractivity contribution in [3.8, 4) is 5.69 Å². The van der Waals surface area contributed by atoms with Crippen LogP contribution in [0, 0.1) is 10.1 Å². The molecule has 10 nitrogen and oxygen atoms in total. The molecule has 1 aromatic heterocycles. The number of halogens is 1. The van der Waals surface area contributed by atoms with E-state index in [4.69, 9.17) is 16.3 Å². The van der Waals surface area contributed by atoms with Crippen molar-refractivity contribution < 1.29 is 19.2 Å². The van der Waals surface area contributed by atoms with Gasteiger partial charge < -0.3 is 10.1 Å². The Morgan fingerprint density at radius 1 is 1.06 bits per heavy atom. The van der Waals surface area contributed by atoms with Crippen molar-refractivity contribution in [1.82, 2.24) is 9.78 Å². The molecule has 0 bridgehead atoms. The number of nitro groups is 1. The number of esters is 1. The molecule has 35 heavy (non-hydrogen) atoms. The van der Waals surface area contributed by atoms with Crippen molar-refractivity contribution in [3.63, 3.8) is 0 Å². The van der Waals surface area contributed by atoms with Gasteiger partial charge in [0.25, 0.3) is 17.2 Å². The Bertz CT molecular complexity index is 1520. The van der Waals surface area contributed by atoms with Gasteiger partial charge >= 0.3 is 5.97 Å². The predicted octanol–water partition coefficient (Wildman–Crippen LogP) is 4.13. The maximum absolute atomic E-state index is 13.0. The van der Waals surface area contributed by atoms with Crippen molar-refractivity contribution in [3.05, 3.63) is 104 Å². The number of anilines is 1. The number of non-ortho nitro benzene ring substituents is 1. The minimum Gasteiger partial charge on any atom is -0.448 e.